The maximum absolute atomic E-state index is 11.7. The summed E-state index contributed by atoms with van der Waals surface area (Å²) < 4.78 is 5.52. The van der Waals surface area contributed by atoms with E-state index in [0.29, 0.717) is 11.5 Å². The van der Waals surface area contributed by atoms with Crippen molar-refractivity contribution >= 4 is 11.6 Å². The summed E-state index contributed by atoms with van der Waals surface area (Å²) in [4.78, 5) is 11.7. The molecule has 1 N–H and O–H groups in total. The highest BCUT2D eigenvalue weighted by Crippen LogP contribution is 2.12. The van der Waals surface area contributed by atoms with Crippen LogP contribution in [0.2, 0.25) is 0 Å². The Kier molecular flexibility index (Phi) is 4.34. The minimum absolute atomic E-state index is 0.209. The van der Waals surface area contributed by atoms with Gasteiger partial charge in [0.05, 0.1) is 0 Å². The Morgan fingerprint density at radius 2 is 1.58 bits per heavy atom. The van der Waals surface area contributed by atoms with Gasteiger partial charge in [-0.15, -0.1) is 0 Å². The lowest BCUT2D eigenvalue weighted by atomic mass is 10.3. The van der Waals surface area contributed by atoms with Gasteiger partial charge in [-0.2, -0.15) is 0 Å². The third-order valence-electron chi connectivity index (χ3n) is 2.40. The molecule has 96 valence electrons. The molecule has 0 spiro atoms. The second-order valence-electron chi connectivity index (χ2n) is 4.03. The van der Waals surface area contributed by atoms with E-state index in [-0.39, 0.29) is 5.91 Å². The first-order valence-electron chi connectivity index (χ1n) is 6.01. The largest absolute Gasteiger partial charge is 0.462 e. The van der Waals surface area contributed by atoms with E-state index < -0.39 is 0 Å². The number of rotatable bonds is 4. The van der Waals surface area contributed by atoms with E-state index in [2.05, 4.69) is 5.32 Å². The molecule has 2 aromatic rings. The van der Waals surface area contributed by atoms with E-state index in [1.54, 1.807) is 6.92 Å². The predicted octanol–water partition coefficient (Wildman–Crippen LogP) is 3.61. The van der Waals surface area contributed by atoms with Crippen molar-refractivity contribution in [2.24, 2.45) is 0 Å². The average Bonchev–Trinajstić information content (AvgIpc) is 2.40. The van der Waals surface area contributed by atoms with Gasteiger partial charge in [-0.1, -0.05) is 36.4 Å². The van der Waals surface area contributed by atoms with Gasteiger partial charge in [-0.3, -0.25) is 4.79 Å². The molecule has 0 aliphatic rings. The zero-order valence-corrected chi connectivity index (χ0v) is 10.7. The van der Waals surface area contributed by atoms with Gasteiger partial charge in [-0.05, 0) is 31.2 Å². The fourth-order valence-corrected chi connectivity index (χ4v) is 1.59. The molecule has 19 heavy (non-hydrogen) atoms. The van der Waals surface area contributed by atoms with Crippen molar-refractivity contribution in [1.29, 1.82) is 0 Å². The Balaban J connectivity index is 1.95. The van der Waals surface area contributed by atoms with E-state index in [9.17, 15) is 4.79 Å². The molecular formula is C16H15NO2. The molecule has 0 aliphatic heterocycles. The number of benzene rings is 2. The summed E-state index contributed by atoms with van der Waals surface area (Å²) in [5.41, 5.74) is 0.760. The van der Waals surface area contributed by atoms with Gasteiger partial charge in [0.1, 0.15) is 11.5 Å². The van der Waals surface area contributed by atoms with Crippen molar-refractivity contribution in [2.75, 3.05) is 5.32 Å². The molecule has 2 rings (SSSR count). The van der Waals surface area contributed by atoms with Gasteiger partial charge in [0.25, 0.3) is 5.91 Å². The molecule has 0 saturated carbocycles. The van der Waals surface area contributed by atoms with E-state index in [4.69, 9.17) is 4.74 Å². The lowest BCUT2D eigenvalue weighted by Crippen LogP contribution is -2.09. The van der Waals surface area contributed by atoms with Crippen LogP contribution in [0.1, 0.15) is 6.92 Å². The number of carbonyl (C=O) groups excluding carboxylic acids is 1. The molecule has 3 nitrogen and oxygen atoms in total. The molecule has 0 heterocycles. The molecule has 1 amide bonds. The monoisotopic (exact) mass is 253 g/mol. The lowest BCUT2D eigenvalue weighted by molar-refractivity contribution is -0.112. The van der Waals surface area contributed by atoms with Crippen LogP contribution in [-0.2, 0) is 4.79 Å². The van der Waals surface area contributed by atoms with Gasteiger partial charge in [0, 0.05) is 11.8 Å². The molecule has 0 aliphatic carbocycles. The zero-order valence-electron chi connectivity index (χ0n) is 10.7. The van der Waals surface area contributed by atoms with Crippen LogP contribution in [0.4, 0.5) is 5.69 Å². The van der Waals surface area contributed by atoms with Gasteiger partial charge in [-0.25, -0.2) is 0 Å². The summed E-state index contributed by atoms with van der Waals surface area (Å²) in [5.74, 6) is 1.04. The first-order valence-corrected chi connectivity index (χ1v) is 6.01. The summed E-state index contributed by atoms with van der Waals surface area (Å²) in [6, 6.07) is 18.7. The molecule has 2 aromatic carbocycles. The van der Waals surface area contributed by atoms with Crippen LogP contribution >= 0.6 is 0 Å². The second-order valence-corrected chi connectivity index (χ2v) is 4.03. The van der Waals surface area contributed by atoms with Gasteiger partial charge in [0.2, 0.25) is 0 Å². The van der Waals surface area contributed by atoms with Crippen molar-refractivity contribution in [3.05, 3.63) is 72.5 Å². The summed E-state index contributed by atoms with van der Waals surface area (Å²) in [7, 11) is 0. The number of hydrogen-bond donors (Lipinski definition) is 1. The molecule has 3 heteroatoms. The molecule has 0 atom stereocenters. The Morgan fingerprint density at radius 3 is 2.21 bits per heavy atom. The third kappa shape index (κ3) is 4.32. The summed E-state index contributed by atoms with van der Waals surface area (Å²) in [6.45, 7) is 1.75. The summed E-state index contributed by atoms with van der Waals surface area (Å²) in [6.07, 6.45) is 1.43. The normalized spacial score (nSPS) is 10.9. The van der Waals surface area contributed by atoms with E-state index >= 15 is 0 Å². The number of ether oxygens (including phenoxy) is 1. The number of carbonyl (C=O) groups is 1. The van der Waals surface area contributed by atoms with Crippen LogP contribution in [-0.4, -0.2) is 5.91 Å². The Labute approximate surface area is 112 Å². The van der Waals surface area contributed by atoms with Crippen molar-refractivity contribution in [3.8, 4) is 5.75 Å². The van der Waals surface area contributed by atoms with Crippen LogP contribution < -0.4 is 10.1 Å². The van der Waals surface area contributed by atoms with Gasteiger partial charge < -0.3 is 10.1 Å². The molecule has 0 unspecified atom stereocenters. The Morgan fingerprint density at radius 1 is 1.00 bits per heavy atom. The number of allylic oxidation sites excluding steroid dienone is 1. The van der Waals surface area contributed by atoms with E-state index in [0.717, 1.165) is 5.69 Å². The van der Waals surface area contributed by atoms with Gasteiger partial charge in [0.15, 0.2) is 0 Å². The fraction of sp³-hybridized carbons (Fsp3) is 0.0625. The van der Waals surface area contributed by atoms with E-state index in [1.165, 1.54) is 6.08 Å². The molecule has 0 bridgehead atoms. The maximum Gasteiger partial charge on any atom is 0.251 e. The standard InChI is InChI=1S/C16H15NO2/c1-13(19-15-10-6-3-7-11-15)12-16(18)17-14-8-4-2-5-9-14/h2-12H,1H3,(H,17,18). The quantitative estimate of drug-likeness (QED) is 0.667. The minimum atomic E-state index is -0.209. The molecule has 0 saturated heterocycles. The average molecular weight is 253 g/mol. The Bertz CT molecular complexity index is 562. The first kappa shape index (κ1) is 12.9. The van der Waals surface area contributed by atoms with Crippen molar-refractivity contribution < 1.29 is 9.53 Å². The summed E-state index contributed by atoms with van der Waals surface area (Å²) in [5, 5.41) is 2.76. The third-order valence-corrected chi connectivity index (χ3v) is 2.40. The number of para-hydroxylation sites is 2. The fourth-order valence-electron chi connectivity index (χ4n) is 1.59. The van der Waals surface area contributed by atoms with Crippen LogP contribution in [0.5, 0.6) is 5.75 Å². The second kappa shape index (κ2) is 6.40. The van der Waals surface area contributed by atoms with Crippen LogP contribution in [0.15, 0.2) is 72.5 Å². The Hall–Kier alpha value is -2.55. The number of anilines is 1. The summed E-state index contributed by atoms with van der Waals surface area (Å²) >= 11 is 0. The van der Waals surface area contributed by atoms with Crippen molar-refractivity contribution in [3.63, 3.8) is 0 Å². The maximum atomic E-state index is 11.7. The molecule has 0 fully saturated rings. The first-order chi connectivity index (χ1) is 9.24. The number of amides is 1. The predicted molar refractivity (Wildman–Crippen MR) is 75.9 cm³/mol. The van der Waals surface area contributed by atoms with Crippen LogP contribution in [0.3, 0.4) is 0 Å². The van der Waals surface area contributed by atoms with Crippen LogP contribution in [0, 0.1) is 0 Å². The van der Waals surface area contributed by atoms with E-state index in [1.807, 2.05) is 60.7 Å². The highest BCUT2D eigenvalue weighted by atomic mass is 16.5. The van der Waals surface area contributed by atoms with Crippen molar-refractivity contribution in [1.82, 2.24) is 0 Å². The van der Waals surface area contributed by atoms with Crippen LogP contribution in [0.25, 0.3) is 0 Å². The number of nitrogens with one attached hydrogen (secondary N) is 1. The number of hydrogen-bond acceptors (Lipinski definition) is 2. The smallest absolute Gasteiger partial charge is 0.251 e. The van der Waals surface area contributed by atoms with Gasteiger partial charge >= 0.3 is 0 Å². The highest BCUT2D eigenvalue weighted by molar-refractivity contribution is 5.99. The van der Waals surface area contributed by atoms with Crippen molar-refractivity contribution in [2.45, 2.75) is 6.92 Å². The zero-order chi connectivity index (χ0) is 13.5. The molecular weight excluding hydrogens is 238 g/mol. The SMILES string of the molecule is CC(=CC(=O)Nc1ccccc1)Oc1ccccc1. The minimum Gasteiger partial charge on any atom is -0.462 e. The highest BCUT2D eigenvalue weighted by Gasteiger charge is 2.00. The molecule has 0 radical (unpaired) electrons. The topological polar surface area (TPSA) is 38.3 Å². The lowest BCUT2D eigenvalue weighted by Gasteiger charge is -2.06. The molecule has 0 aromatic heterocycles.